The summed E-state index contributed by atoms with van der Waals surface area (Å²) in [5.41, 5.74) is 1.11. The van der Waals surface area contributed by atoms with Gasteiger partial charge in [0.1, 0.15) is 4.99 Å². The average molecular weight is 223 g/mol. The molecule has 0 radical (unpaired) electrons. The van der Waals surface area contributed by atoms with Crippen molar-refractivity contribution in [1.82, 2.24) is 5.32 Å². The van der Waals surface area contributed by atoms with Gasteiger partial charge in [0, 0.05) is 11.7 Å². The molecular formula is C11H17NSSi. The highest BCUT2D eigenvalue weighted by Crippen LogP contribution is 2.02. The minimum atomic E-state index is -1.05. The van der Waals surface area contributed by atoms with E-state index < -0.39 is 8.07 Å². The quantitative estimate of drug-likeness (QED) is 0.625. The molecule has 0 aromatic heterocycles. The van der Waals surface area contributed by atoms with Gasteiger partial charge in [0.25, 0.3) is 0 Å². The average Bonchev–Trinajstić information content (AvgIpc) is 2.14. The summed E-state index contributed by atoms with van der Waals surface area (Å²) in [6.07, 6.45) is 1.04. The predicted octanol–water partition coefficient (Wildman–Crippen LogP) is 2.83. The molecule has 1 N–H and O–H groups in total. The van der Waals surface area contributed by atoms with Gasteiger partial charge in [-0.05, 0) is 0 Å². The van der Waals surface area contributed by atoms with Crippen LogP contribution in [0.4, 0.5) is 0 Å². The van der Waals surface area contributed by atoms with Crippen LogP contribution in [-0.4, -0.2) is 19.2 Å². The van der Waals surface area contributed by atoms with Crippen LogP contribution in [0.1, 0.15) is 5.56 Å². The van der Waals surface area contributed by atoms with E-state index in [2.05, 4.69) is 25.0 Å². The molecule has 0 amide bonds. The molecule has 0 heterocycles. The maximum Gasteiger partial charge on any atom is 0.106 e. The zero-order chi connectivity index (χ0) is 10.6. The third kappa shape index (κ3) is 4.02. The SMILES string of the molecule is C[Si](C)(C)CNC(=S)c1ccccc1. The first-order valence-corrected chi connectivity index (χ1v) is 8.94. The summed E-state index contributed by atoms with van der Waals surface area (Å²) in [6, 6.07) is 10.1. The molecular weight excluding hydrogens is 206 g/mol. The lowest BCUT2D eigenvalue weighted by Crippen LogP contribution is -2.39. The molecule has 14 heavy (non-hydrogen) atoms. The van der Waals surface area contributed by atoms with Crippen molar-refractivity contribution in [3.63, 3.8) is 0 Å². The Balaban J connectivity index is 2.52. The normalized spacial score (nSPS) is 11.1. The number of benzene rings is 1. The van der Waals surface area contributed by atoms with E-state index >= 15 is 0 Å². The zero-order valence-corrected chi connectivity index (χ0v) is 10.8. The van der Waals surface area contributed by atoms with Gasteiger partial charge in [-0.25, -0.2) is 0 Å². The molecule has 0 aliphatic rings. The van der Waals surface area contributed by atoms with E-state index in [1.807, 2.05) is 30.3 Å². The van der Waals surface area contributed by atoms with Crippen molar-refractivity contribution < 1.29 is 0 Å². The highest BCUT2D eigenvalue weighted by Gasteiger charge is 2.13. The second-order valence-electron chi connectivity index (χ2n) is 4.61. The fraction of sp³-hybridized carbons (Fsp3) is 0.364. The van der Waals surface area contributed by atoms with Crippen LogP contribution in [0.3, 0.4) is 0 Å². The molecule has 0 aliphatic carbocycles. The van der Waals surface area contributed by atoms with Crippen LogP contribution in [0.15, 0.2) is 30.3 Å². The van der Waals surface area contributed by atoms with Gasteiger partial charge in [-0.15, -0.1) is 0 Å². The van der Waals surface area contributed by atoms with Gasteiger partial charge in [0.15, 0.2) is 0 Å². The molecule has 1 rings (SSSR count). The van der Waals surface area contributed by atoms with E-state index in [4.69, 9.17) is 12.2 Å². The largest absolute Gasteiger partial charge is 0.379 e. The Kier molecular flexibility index (Phi) is 3.83. The third-order valence-corrected chi connectivity index (χ3v) is 3.43. The van der Waals surface area contributed by atoms with E-state index in [1.165, 1.54) is 0 Å². The zero-order valence-electron chi connectivity index (χ0n) is 9.00. The van der Waals surface area contributed by atoms with Gasteiger partial charge in [-0.1, -0.05) is 62.2 Å². The smallest absolute Gasteiger partial charge is 0.106 e. The first-order chi connectivity index (χ1) is 6.49. The lowest BCUT2D eigenvalue weighted by atomic mass is 10.2. The lowest BCUT2D eigenvalue weighted by molar-refractivity contribution is 1.10. The molecule has 0 saturated carbocycles. The Morgan fingerprint density at radius 1 is 1.21 bits per heavy atom. The van der Waals surface area contributed by atoms with Crippen LogP contribution in [0.5, 0.6) is 0 Å². The minimum Gasteiger partial charge on any atom is -0.379 e. The van der Waals surface area contributed by atoms with E-state index in [0.29, 0.717) is 0 Å². The molecule has 3 heteroatoms. The van der Waals surface area contributed by atoms with E-state index in [0.717, 1.165) is 16.7 Å². The highest BCUT2D eigenvalue weighted by molar-refractivity contribution is 7.80. The molecule has 1 aromatic carbocycles. The van der Waals surface area contributed by atoms with Gasteiger partial charge in [-0.2, -0.15) is 0 Å². The number of hydrogen-bond acceptors (Lipinski definition) is 1. The van der Waals surface area contributed by atoms with Crippen molar-refractivity contribution in [3.05, 3.63) is 35.9 Å². The van der Waals surface area contributed by atoms with Gasteiger partial charge < -0.3 is 5.32 Å². The van der Waals surface area contributed by atoms with E-state index in [1.54, 1.807) is 0 Å². The Morgan fingerprint density at radius 3 is 2.29 bits per heavy atom. The molecule has 0 atom stereocenters. The fourth-order valence-corrected chi connectivity index (χ4v) is 2.08. The Hall–Kier alpha value is -0.673. The molecule has 0 aliphatic heterocycles. The number of thiocarbonyl (C=S) groups is 1. The molecule has 1 nitrogen and oxygen atoms in total. The Labute approximate surface area is 92.5 Å². The maximum atomic E-state index is 5.30. The Morgan fingerprint density at radius 2 is 1.79 bits per heavy atom. The van der Waals surface area contributed by atoms with Crippen molar-refractivity contribution in [1.29, 1.82) is 0 Å². The molecule has 0 fully saturated rings. The van der Waals surface area contributed by atoms with Crippen LogP contribution < -0.4 is 5.32 Å². The highest BCUT2D eigenvalue weighted by atomic mass is 32.1. The van der Waals surface area contributed by atoms with Gasteiger partial charge >= 0.3 is 0 Å². The lowest BCUT2D eigenvalue weighted by Gasteiger charge is -2.17. The first kappa shape index (κ1) is 11.4. The molecule has 76 valence electrons. The summed E-state index contributed by atoms with van der Waals surface area (Å²) < 4.78 is 0. The monoisotopic (exact) mass is 223 g/mol. The van der Waals surface area contributed by atoms with Crippen LogP contribution in [0.25, 0.3) is 0 Å². The third-order valence-electron chi connectivity index (χ3n) is 1.82. The van der Waals surface area contributed by atoms with Crippen molar-refractivity contribution in [2.75, 3.05) is 6.17 Å². The summed E-state index contributed by atoms with van der Waals surface area (Å²) in [7, 11) is -1.05. The standard InChI is InChI=1S/C11H17NSSi/c1-14(2,3)9-12-11(13)10-7-5-4-6-8-10/h4-8H,9H2,1-3H3,(H,12,13). The molecule has 0 bridgehead atoms. The molecule has 1 aromatic rings. The summed E-state index contributed by atoms with van der Waals surface area (Å²) in [4.78, 5) is 0.869. The topological polar surface area (TPSA) is 12.0 Å². The second kappa shape index (κ2) is 4.71. The van der Waals surface area contributed by atoms with E-state index in [9.17, 15) is 0 Å². The molecule has 0 saturated heterocycles. The van der Waals surface area contributed by atoms with Gasteiger partial charge in [0.2, 0.25) is 0 Å². The molecule has 0 unspecified atom stereocenters. The van der Waals surface area contributed by atoms with Gasteiger partial charge in [-0.3, -0.25) is 0 Å². The number of hydrogen-bond donors (Lipinski definition) is 1. The maximum absolute atomic E-state index is 5.30. The van der Waals surface area contributed by atoms with Crippen molar-refractivity contribution in [3.8, 4) is 0 Å². The number of nitrogens with one attached hydrogen (secondary N) is 1. The van der Waals surface area contributed by atoms with Crippen LogP contribution >= 0.6 is 12.2 Å². The Bertz CT molecular complexity index is 303. The van der Waals surface area contributed by atoms with Crippen molar-refractivity contribution in [2.45, 2.75) is 19.6 Å². The summed E-state index contributed by atoms with van der Waals surface area (Å²) in [6.45, 7) is 6.98. The predicted molar refractivity (Wildman–Crippen MR) is 69.5 cm³/mol. The number of rotatable bonds is 3. The minimum absolute atomic E-state index is 0.869. The van der Waals surface area contributed by atoms with Crippen LogP contribution in [0, 0.1) is 0 Å². The van der Waals surface area contributed by atoms with Crippen molar-refractivity contribution in [2.24, 2.45) is 0 Å². The van der Waals surface area contributed by atoms with Crippen LogP contribution in [-0.2, 0) is 0 Å². The summed E-state index contributed by atoms with van der Waals surface area (Å²) >= 11 is 5.30. The van der Waals surface area contributed by atoms with E-state index in [-0.39, 0.29) is 0 Å². The molecule has 0 spiro atoms. The van der Waals surface area contributed by atoms with Crippen molar-refractivity contribution >= 4 is 25.3 Å². The summed E-state index contributed by atoms with van der Waals surface area (Å²) in [5, 5.41) is 3.33. The summed E-state index contributed by atoms with van der Waals surface area (Å²) in [5.74, 6) is 0. The second-order valence-corrected chi connectivity index (χ2v) is 10.5. The fourth-order valence-electron chi connectivity index (χ4n) is 1.04. The first-order valence-electron chi connectivity index (χ1n) is 4.82. The van der Waals surface area contributed by atoms with Gasteiger partial charge in [0.05, 0.1) is 8.07 Å². The van der Waals surface area contributed by atoms with Crippen LogP contribution in [0.2, 0.25) is 19.6 Å².